The Morgan fingerprint density at radius 3 is 3.15 bits per heavy atom. The molecule has 2 rings (SSSR count). The molecule has 66 valence electrons. The minimum absolute atomic E-state index is 0.660. The summed E-state index contributed by atoms with van der Waals surface area (Å²) in [5.74, 6) is 1.64. The summed E-state index contributed by atoms with van der Waals surface area (Å²) in [4.78, 5) is 4.12. The van der Waals surface area contributed by atoms with Crippen molar-refractivity contribution in [2.75, 3.05) is 11.9 Å². The van der Waals surface area contributed by atoms with Crippen molar-refractivity contribution >= 4 is 5.82 Å². The maximum Gasteiger partial charge on any atom is 0.127 e. The van der Waals surface area contributed by atoms with Gasteiger partial charge in [0.1, 0.15) is 5.82 Å². The highest BCUT2D eigenvalue weighted by molar-refractivity contribution is 5.42. The predicted molar refractivity (Wildman–Crippen MR) is 50.2 cm³/mol. The molecule has 0 bridgehead atoms. The molecule has 0 unspecified atom stereocenters. The first-order valence-electron chi connectivity index (χ1n) is 4.48. The van der Waals surface area contributed by atoms with E-state index in [1.54, 1.807) is 18.3 Å². The molecular formula is C10H11N3. The zero-order valence-electron chi connectivity index (χ0n) is 7.33. The molecule has 1 aromatic rings. The number of anilines is 1. The monoisotopic (exact) mass is 173 g/mol. The fourth-order valence-electron chi connectivity index (χ4n) is 1.17. The minimum Gasteiger partial charge on any atom is -0.370 e. The van der Waals surface area contributed by atoms with E-state index in [0.717, 1.165) is 18.3 Å². The van der Waals surface area contributed by atoms with Crippen LogP contribution in [0, 0.1) is 17.2 Å². The lowest BCUT2D eigenvalue weighted by Gasteiger charge is -2.03. The summed E-state index contributed by atoms with van der Waals surface area (Å²) < 4.78 is 0. The van der Waals surface area contributed by atoms with Gasteiger partial charge in [0.25, 0.3) is 0 Å². The first kappa shape index (κ1) is 8.06. The number of hydrogen-bond acceptors (Lipinski definition) is 3. The van der Waals surface area contributed by atoms with Gasteiger partial charge in [-0.3, -0.25) is 0 Å². The van der Waals surface area contributed by atoms with Crippen LogP contribution in [0.15, 0.2) is 18.3 Å². The Labute approximate surface area is 77.4 Å². The van der Waals surface area contributed by atoms with Crippen molar-refractivity contribution in [2.24, 2.45) is 5.92 Å². The molecule has 1 N–H and O–H groups in total. The Hall–Kier alpha value is -1.56. The molecular weight excluding hydrogens is 162 g/mol. The van der Waals surface area contributed by atoms with Gasteiger partial charge in [-0.15, -0.1) is 0 Å². The zero-order chi connectivity index (χ0) is 9.10. The third-order valence-electron chi connectivity index (χ3n) is 2.16. The Balaban J connectivity index is 1.98. The van der Waals surface area contributed by atoms with Gasteiger partial charge in [0.2, 0.25) is 0 Å². The van der Waals surface area contributed by atoms with Crippen molar-refractivity contribution in [2.45, 2.75) is 12.8 Å². The summed E-state index contributed by atoms with van der Waals surface area (Å²) in [5.41, 5.74) is 0.660. The Kier molecular flexibility index (Phi) is 2.13. The maximum atomic E-state index is 8.65. The number of aromatic nitrogens is 1. The van der Waals surface area contributed by atoms with E-state index in [2.05, 4.69) is 16.4 Å². The highest BCUT2D eigenvalue weighted by atomic mass is 15.0. The van der Waals surface area contributed by atoms with Crippen molar-refractivity contribution in [1.82, 2.24) is 4.98 Å². The summed E-state index contributed by atoms with van der Waals surface area (Å²) in [6, 6.07) is 5.58. The molecule has 0 aromatic carbocycles. The Morgan fingerprint density at radius 2 is 2.46 bits per heavy atom. The standard InChI is InChI=1S/C10H11N3/c11-6-9-3-4-12-10(5-9)13-7-8-1-2-8/h3-5,8H,1-2,7H2,(H,12,13). The van der Waals surface area contributed by atoms with Crippen LogP contribution in [0.5, 0.6) is 0 Å². The SMILES string of the molecule is N#Cc1ccnc(NCC2CC2)c1. The first-order chi connectivity index (χ1) is 6.38. The second-order valence-electron chi connectivity index (χ2n) is 3.37. The van der Waals surface area contributed by atoms with Gasteiger partial charge in [-0.05, 0) is 30.9 Å². The van der Waals surface area contributed by atoms with Crippen molar-refractivity contribution in [3.63, 3.8) is 0 Å². The van der Waals surface area contributed by atoms with Gasteiger partial charge in [-0.1, -0.05) is 0 Å². The molecule has 0 spiro atoms. The van der Waals surface area contributed by atoms with Gasteiger partial charge >= 0.3 is 0 Å². The van der Waals surface area contributed by atoms with E-state index in [0.29, 0.717) is 5.56 Å². The molecule has 1 aliphatic rings. The number of pyridine rings is 1. The highest BCUT2D eigenvalue weighted by Gasteiger charge is 2.20. The van der Waals surface area contributed by atoms with E-state index >= 15 is 0 Å². The lowest BCUT2D eigenvalue weighted by Crippen LogP contribution is -2.04. The zero-order valence-corrected chi connectivity index (χ0v) is 7.33. The quantitative estimate of drug-likeness (QED) is 0.757. The van der Waals surface area contributed by atoms with Crippen LogP contribution in [0.2, 0.25) is 0 Å². The lowest BCUT2D eigenvalue weighted by atomic mass is 10.3. The fraction of sp³-hybridized carbons (Fsp3) is 0.400. The molecule has 0 atom stereocenters. The summed E-state index contributed by atoms with van der Waals surface area (Å²) in [5, 5.41) is 11.9. The molecule has 3 nitrogen and oxygen atoms in total. The maximum absolute atomic E-state index is 8.65. The molecule has 13 heavy (non-hydrogen) atoms. The predicted octanol–water partition coefficient (Wildman–Crippen LogP) is 1.78. The van der Waals surface area contributed by atoms with Crippen molar-refractivity contribution in [3.05, 3.63) is 23.9 Å². The summed E-state index contributed by atoms with van der Waals surface area (Å²) in [6.45, 7) is 0.988. The summed E-state index contributed by atoms with van der Waals surface area (Å²) in [7, 11) is 0. The van der Waals surface area contributed by atoms with E-state index in [4.69, 9.17) is 5.26 Å². The van der Waals surface area contributed by atoms with Crippen LogP contribution in [0.4, 0.5) is 5.82 Å². The minimum atomic E-state index is 0.660. The van der Waals surface area contributed by atoms with Gasteiger partial charge in [0.15, 0.2) is 0 Å². The topological polar surface area (TPSA) is 48.7 Å². The van der Waals surface area contributed by atoms with Crippen LogP contribution in [0.3, 0.4) is 0 Å². The van der Waals surface area contributed by atoms with Crippen molar-refractivity contribution in [1.29, 1.82) is 5.26 Å². The average molecular weight is 173 g/mol. The van der Waals surface area contributed by atoms with Crippen LogP contribution in [0.1, 0.15) is 18.4 Å². The van der Waals surface area contributed by atoms with E-state index in [1.165, 1.54) is 12.8 Å². The number of nitrogens with one attached hydrogen (secondary N) is 1. The second kappa shape index (κ2) is 3.44. The molecule has 1 aliphatic carbocycles. The van der Waals surface area contributed by atoms with Gasteiger partial charge in [0, 0.05) is 12.7 Å². The molecule has 0 aliphatic heterocycles. The summed E-state index contributed by atoms with van der Waals surface area (Å²) >= 11 is 0. The second-order valence-corrected chi connectivity index (χ2v) is 3.37. The number of rotatable bonds is 3. The lowest BCUT2D eigenvalue weighted by molar-refractivity contribution is 0.883. The molecule has 1 heterocycles. The third kappa shape index (κ3) is 2.19. The Bertz CT molecular complexity index is 336. The molecule has 3 heteroatoms. The van der Waals surface area contributed by atoms with Crippen LogP contribution in [-0.2, 0) is 0 Å². The number of nitrogens with zero attached hydrogens (tertiary/aromatic N) is 2. The van der Waals surface area contributed by atoms with Crippen LogP contribution in [-0.4, -0.2) is 11.5 Å². The first-order valence-corrected chi connectivity index (χ1v) is 4.48. The number of nitriles is 1. The van der Waals surface area contributed by atoms with Crippen molar-refractivity contribution in [3.8, 4) is 6.07 Å². The van der Waals surface area contributed by atoms with Gasteiger partial charge < -0.3 is 5.32 Å². The smallest absolute Gasteiger partial charge is 0.127 e. The van der Waals surface area contributed by atoms with Crippen molar-refractivity contribution < 1.29 is 0 Å². The van der Waals surface area contributed by atoms with Crippen LogP contribution >= 0.6 is 0 Å². The molecule has 0 saturated heterocycles. The van der Waals surface area contributed by atoms with E-state index in [9.17, 15) is 0 Å². The van der Waals surface area contributed by atoms with E-state index in [-0.39, 0.29) is 0 Å². The Morgan fingerprint density at radius 1 is 1.62 bits per heavy atom. The average Bonchev–Trinajstić information content (AvgIpc) is 2.99. The highest BCUT2D eigenvalue weighted by Crippen LogP contribution is 2.28. The van der Waals surface area contributed by atoms with Crippen LogP contribution in [0.25, 0.3) is 0 Å². The third-order valence-corrected chi connectivity index (χ3v) is 2.16. The fourth-order valence-corrected chi connectivity index (χ4v) is 1.17. The largest absolute Gasteiger partial charge is 0.370 e. The van der Waals surface area contributed by atoms with Crippen LogP contribution < -0.4 is 5.32 Å². The van der Waals surface area contributed by atoms with Gasteiger partial charge in [-0.25, -0.2) is 4.98 Å². The molecule has 1 saturated carbocycles. The molecule has 1 fully saturated rings. The van der Waals surface area contributed by atoms with E-state index in [1.807, 2.05) is 0 Å². The van der Waals surface area contributed by atoms with Gasteiger partial charge in [-0.2, -0.15) is 5.26 Å². The molecule has 1 aromatic heterocycles. The van der Waals surface area contributed by atoms with Gasteiger partial charge in [0.05, 0.1) is 11.6 Å². The number of hydrogen-bond donors (Lipinski definition) is 1. The molecule has 0 amide bonds. The summed E-state index contributed by atoms with van der Waals surface area (Å²) in [6.07, 6.45) is 4.31. The van der Waals surface area contributed by atoms with E-state index < -0.39 is 0 Å². The molecule has 0 radical (unpaired) electrons. The normalized spacial score (nSPS) is 15.0.